The minimum Gasteiger partial charge on any atom is -0.459 e. The number of carbonyl (C=O) groups excluding carboxylic acids is 2. The van der Waals surface area contributed by atoms with Gasteiger partial charge in [-0.25, -0.2) is 0 Å². The smallest absolute Gasteiger partial charge is 0.289 e. The van der Waals surface area contributed by atoms with E-state index in [9.17, 15) is 9.59 Å². The molecule has 7 nitrogen and oxygen atoms in total. The van der Waals surface area contributed by atoms with Crippen molar-refractivity contribution in [3.05, 3.63) is 59.0 Å². The molecule has 2 aromatic rings. The van der Waals surface area contributed by atoms with Crippen molar-refractivity contribution in [1.82, 2.24) is 15.1 Å². The second-order valence-electron chi connectivity index (χ2n) is 6.63. The lowest BCUT2D eigenvalue weighted by Gasteiger charge is -2.35. The summed E-state index contributed by atoms with van der Waals surface area (Å²) in [5.41, 5.74) is 0.964. The number of hydrogen-bond acceptors (Lipinski definition) is 5. The molecule has 2 amide bonds. The Hall–Kier alpha value is -2.35. The zero-order valence-corrected chi connectivity index (χ0v) is 16.5. The molecule has 0 aliphatic carbocycles. The summed E-state index contributed by atoms with van der Waals surface area (Å²) in [5.74, 6) is -0.374. The molecule has 1 aliphatic rings. The van der Waals surface area contributed by atoms with Crippen LogP contribution >= 0.6 is 11.6 Å². The van der Waals surface area contributed by atoms with Crippen molar-refractivity contribution in [2.24, 2.45) is 0 Å². The summed E-state index contributed by atoms with van der Waals surface area (Å²) in [5, 5.41) is 3.60. The van der Waals surface area contributed by atoms with Gasteiger partial charge in [0.2, 0.25) is 5.91 Å². The predicted molar refractivity (Wildman–Crippen MR) is 105 cm³/mol. The number of halogens is 1. The molecule has 0 spiro atoms. The average molecular weight is 406 g/mol. The first-order valence-corrected chi connectivity index (χ1v) is 9.56. The van der Waals surface area contributed by atoms with Gasteiger partial charge < -0.3 is 19.4 Å². The summed E-state index contributed by atoms with van der Waals surface area (Å²) in [7, 11) is 1.57. The SMILES string of the molecule is CN(CC(=O)NCC(c1ccccc1Cl)N1CCOCC1)C(=O)c1ccco1. The molecule has 1 aromatic carbocycles. The summed E-state index contributed by atoms with van der Waals surface area (Å²) >= 11 is 6.40. The molecule has 28 heavy (non-hydrogen) atoms. The zero-order valence-electron chi connectivity index (χ0n) is 15.8. The number of carbonyl (C=O) groups is 2. The molecule has 8 heteroatoms. The maximum absolute atomic E-state index is 12.4. The third kappa shape index (κ3) is 5.13. The van der Waals surface area contributed by atoms with Gasteiger partial charge in [0, 0.05) is 31.7 Å². The third-order valence-corrected chi connectivity index (χ3v) is 5.05. The second kappa shape index (κ2) is 9.73. The summed E-state index contributed by atoms with van der Waals surface area (Å²) in [6, 6.07) is 10.8. The maximum atomic E-state index is 12.4. The highest BCUT2D eigenvalue weighted by atomic mass is 35.5. The van der Waals surface area contributed by atoms with E-state index in [0.717, 1.165) is 18.7 Å². The molecule has 1 aliphatic heterocycles. The van der Waals surface area contributed by atoms with E-state index >= 15 is 0 Å². The van der Waals surface area contributed by atoms with Crippen LogP contribution in [0.1, 0.15) is 22.2 Å². The van der Waals surface area contributed by atoms with Crippen LogP contribution in [0.25, 0.3) is 0 Å². The van der Waals surface area contributed by atoms with Gasteiger partial charge in [-0.15, -0.1) is 0 Å². The summed E-state index contributed by atoms with van der Waals surface area (Å²) < 4.78 is 10.5. The number of furan rings is 1. The number of rotatable bonds is 7. The highest BCUT2D eigenvalue weighted by Gasteiger charge is 2.25. The maximum Gasteiger partial charge on any atom is 0.289 e. The Bertz CT molecular complexity index is 791. The molecule has 1 saturated heterocycles. The normalized spacial score (nSPS) is 15.8. The van der Waals surface area contributed by atoms with Gasteiger partial charge in [-0.1, -0.05) is 29.8 Å². The van der Waals surface area contributed by atoms with Crippen molar-refractivity contribution in [2.75, 3.05) is 46.4 Å². The Morgan fingerprint density at radius 1 is 1.21 bits per heavy atom. The first-order chi connectivity index (χ1) is 13.6. The Labute approximate surface area is 169 Å². The molecule has 2 heterocycles. The van der Waals surface area contributed by atoms with E-state index in [4.69, 9.17) is 20.8 Å². The second-order valence-corrected chi connectivity index (χ2v) is 7.04. The molecule has 1 atom stereocenters. The van der Waals surface area contributed by atoms with E-state index in [1.54, 1.807) is 19.2 Å². The van der Waals surface area contributed by atoms with Crippen LogP contribution in [0.2, 0.25) is 5.02 Å². The van der Waals surface area contributed by atoms with Crippen LogP contribution in [-0.4, -0.2) is 68.1 Å². The summed E-state index contributed by atoms with van der Waals surface area (Å²) in [4.78, 5) is 28.2. The highest BCUT2D eigenvalue weighted by molar-refractivity contribution is 6.31. The number of benzene rings is 1. The molecule has 0 bridgehead atoms. The van der Waals surface area contributed by atoms with Crippen molar-refractivity contribution in [3.8, 4) is 0 Å². The van der Waals surface area contributed by atoms with Crippen LogP contribution in [0, 0.1) is 0 Å². The molecule has 1 unspecified atom stereocenters. The van der Waals surface area contributed by atoms with Crippen molar-refractivity contribution in [1.29, 1.82) is 0 Å². The van der Waals surface area contributed by atoms with E-state index in [2.05, 4.69) is 10.2 Å². The average Bonchev–Trinajstić information content (AvgIpc) is 3.24. The molecule has 0 saturated carbocycles. The molecule has 150 valence electrons. The Morgan fingerprint density at radius 3 is 2.64 bits per heavy atom. The standard InChI is InChI=1S/C20H24ClN3O4/c1-23(20(26)18-7-4-10-28-18)14-19(25)22-13-17(24-8-11-27-12-9-24)15-5-2-3-6-16(15)21/h2-7,10,17H,8-9,11-14H2,1H3,(H,22,25). The quantitative estimate of drug-likeness (QED) is 0.764. The van der Waals surface area contributed by atoms with Gasteiger partial charge in [-0.05, 0) is 23.8 Å². The minimum absolute atomic E-state index is 0.0577. The van der Waals surface area contributed by atoms with E-state index in [0.29, 0.717) is 24.8 Å². The van der Waals surface area contributed by atoms with Crippen LogP contribution in [0.4, 0.5) is 0 Å². The van der Waals surface area contributed by atoms with Gasteiger partial charge in [0.15, 0.2) is 5.76 Å². The lowest BCUT2D eigenvalue weighted by atomic mass is 10.0. The molecule has 3 rings (SSSR count). The van der Waals surface area contributed by atoms with Crippen LogP contribution in [-0.2, 0) is 9.53 Å². The van der Waals surface area contributed by atoms with Gasteiger partial charge in [0.1, 0.15) is 0 Å². The molecule has 1 fully saturated rings. The van der Waals surface area contributed by atoms with Crippen LogP contribution in [0.15, 0.2) is 47.1 Å². The Kier molecular flexibility index (Phi) is 7.08. The zero-order chi connectivity index (χ0) is 19.9. The van der Waals surface area contributed by atoms with Crippen LogP contribution in [0.5, 0.6) is 0 Å². The van der Waals surface area contributed by atoms with E-state index in [-0.39, 0.29) is 30.2 Å². The van der Waals surface area contributed by atoms with Gasteiger partial charge in [0.25, 0.3) is 5.91 Å². The molecule has 1 N–H and O–H groups in total. The van der Waals surface area contributed by atoms with Crippen LogP contribution < -0.4 is 5.32 Å². The summed E-state index contributed by atoms with van der Waals surface area (Å²) in [6.07, 6.45) is 1.43. The molecular formula is C20H24ClN3O4. The van der Waals surface area contributed by atoms with Crippen LogP contribution in [0.3, 0.4) is 0 Å². The third-order valence-electron chi connectivity index (χ3n) is 4.70. The van der Waals surface area contributed by atoms with Crippen molar-refractivity contribution >= 4 is 23.4 Å². The summed E-state index contributed by atoms with van der Waals surface area (Å²) in [6.45, 7) is 3.17. The number of nitrogens with one attached hydrogen (secondary N) is 1. The van der Waals surface area contributed by atoms with E-state index in [1.165, 1.54) is 11.2 Å². The number of hydrogen-bond donors (Lipinski definition) is 1. The Morgan fingerprint density at radius 2 is 1.96 bits per heavy atom. The lowest BCUT2D eigenvalue weighted by Crippen LogP contribution is -2.45. The monoisotopic (exact) mass is 405 g/mol. The van der Waals surface area contributed by atoms with Gasteiger partial charge in [-0.2, -0.15) is 0 Å². The molecule has 1 aromatic heterocycles. The Balaban J connectivity index is 1.62. The van der Waals surface area contributed by atoms with E-state index < -0.39 is 0 Å². The van der Waals surface area contributed by atoms with Gasteiger partial charge >= 0.3 is 0 Å². The highest BCUT2D eigenvalue weighted by Crippen LogP contribution is 2.27. The largest absolute Gasteiger partial charge is 0.459 e. The number of nitrogens with zero attached hydrogens (tertiary/aromatic N) is 2. The topological polar surface area (TPSA) is 75.0 Å². The number of likely N-dealkylation sites (N-methyl/N-ethyl adjacent to an activating group) is 1. The first-order valence-electron chi connectivity index (χ1n) is 9.18. The number of morpholine rings is 1. The minimum atomic E-state index is -0.337. The van der Waals surface area contributed by atoms with Gasteiger partial charge in [0.05, 0.1) is 32.1 Å². The van der Waals surface area contributed by atoms with Crippen molar-refractivity contribution < 1.29 is 18.7 Å². The lowest BCUT2D eigenvalue weighted by molar-refractivity contribution is -0.121. The first kappa shape index (κ1) is 20.4. The molecule has 0 radical (unpaired) electrons. The number of amides is 2. The fourth-order valence-electron chi connectivity index (χ4n) is 3.21. The molecular weight excluding hydrogens is 382 g/mol. The fourth-order valence-corrected chi connectivity index (χ4v) is 3.47. The predicted octanol–water partition coefficient (Wildman–Crippen LogP) is 2.19. The van der Waals surface area contributed by atoms with Crippen molar-refractivity contribution in [2.45, 2.75) is 6.04 Å². The van der Waals surface area contributed by atoms with Crippen molar-refractivity contribution in [3.63, 3.8) is 0 Å². The number of ether oxygens (including phenoxy) is 1. The van der Waals surface area contributed by atoms with E-state index in [1.807, 2.05) is 24.3 Å². The van der Waals surface area contributed by atoms with Gasteiger partial charge in [-0.3, -0.25) is 14.5 Å². The fraction of sp³-hybridized carbons (Fsp3) is 0.400.